The van der Waals surface area contributed by atoms with Gasteiger partial charge in [0, 0.05) is 5.71 Å². The summed E-state index contributed by atoms with van der Waals surface area (Å²) in [5.41, 5.74) is 1.53. The van der Waals surface area contributed by atoms with Crippen molar-refractivity contribution in [3.05, 3.63) is 0 Å². The van der Waals surface area contributed by atoms with Crippen LogP contribution in [0.1, 0.15) is 20.8 Å². The van der Waals surface area contributed by atoms with Crippen molar-refractivity contribution in [3.8, 4) is 0 Å². The summed E-state index contributed by atoms with van der Waals surface area (Å²) in [6.07, 6.45) is 0. The topological polar surface area (TPSA) is 45.0 Å². The Balaban J connectivity index is 3.83. The lowest BCUT2D eigenvalue weighted by Crippen LogP contribution is -1.96. The molecule has 0 aliphatic carbocycles. The third-order valence-electron chi connectivity index (χ3n) is 0.650. The van der Waals surface area contributed by atoms with E-state index in [-0.39, 0.29) is 6.61 Å². The first-order valence-electron chi connectivity index (χ1n) is 2.82. The van der Waals surface area contributed by atoms with E-state index >= 15 is 0 Å². The van der Waals surface area contributed by atoms with Crippen LogP contribution >= 0.6 is 0 Å². The Labute approximate surface area is 55.1 Å². The van der Waals surface area contributed by atoms with Crippen LogP contribution in [-0.4, -0.2) is 23.1 Å². The van der Waals surface area contributed by atoms with Crippen LogP contribution in [0.4, 0.5) is 0 Å². The van der Waals surface area contributed by atoms with Gasteiger partial charge in [0.05, 0.1) is 12.3 Å². The van der Waals surface area contributed by atoms with Gasteiger partial charge in [-0.05, 0) is 20.8 Å². The van der Waals surface area contributed by atoms with Gasteiger partial charge in [-0.1, -0.05) is 0 Å². The molecule has 0 spiro atoms. The molecule has 0 radical (unpaired) electrons. The molecular formula is C6H12N2O. The zero-order valence-corrected chi connectivity index (χ0v) is 6.05. The number of hydrogen-bond donors (Lipinski definition) is 1. The monoisotopic (exact) mass is 128 g/mol. The molecule has 9 heavy (non-hydrogen) atoms. The van der Waals surface area contributed by atoms with Gasteiger partial charge >= 0.3 is 0 Å². The third-order valence-corrected chi connectivity index (χ3v) is 0.650. The van der Waals surface area contributed by atoms with Crippen LogP contribution in [0.2, 0.25) is 0 Å². The molecule has 0 aliphatic heterocycles. The second-order valence-electron chi connectivity index (χ2n) is 2.04. The van der Waals surface area contributed by atoms with Crippen molar-refractivity contribution in [2.45, 2.75) is 20.8 Å². The van der Waals surface area contributed by atoms with Crippen molar-refractivity contribution in [1.82, 2.24) is 0 Å². The second-order valence-corrected chi connectivity index (χ2v) is 2.04. The molecule has 0 aliphatic rings. The van der Waals surface area contributed by atoms with Crippen molar-refractivity contribution < 1.29 is 5.11 Å². The van der Waals surface area contributed by atoms with Gasteiger partial charge in [-0.3, -0.25) is 0 Å². The van der Waals surface area contributed by atoms with E-state index in [4.69, 9.17) is 5.11 Å². The molecule has 0 aromatic carbocycles. The largest absolute Gasteiger partial charge is 0.390 e. The van der Waals surface area contributed by atoms with Gasteiger partial charge < -0.3 is 5.11 Å². The molecule has 3 nitrogen and oxygen atoms in total. The zero-order chi connectivity index (χ0) is 7.28. The number of rotatable bonds is 2. The standard InChI is InChI=1S/C6H12N2O/c1-5(2)7-8-6(3)4-9/h9H,4H2,1-3H3/b8-6-. The van der Waals surface area contributed by atoms with Crippen LogP contribution in [0.15, 0.2) is 10.2 Å². The molecular weight excluding hydrogens is 116 g/mol. The number of nitrogens with zero attached hydrogens (tertiary/aromatic N) is 2. The minimum atomic E-state index is -0.0171. The summed E-state index contributed by atoms with van der Waals surface area (Å²) in [6.45, 7) is 5.42. The summed E-state index contributed by atoms with van der Waals surface area (Å²) in [7, 11) is 0. The van der Waals surface area contributed by atoms with Crippen molar-refractivity contribution in [1.29, 1.82) is 0 Å². The molecule has 1 N–H and O–H groups in total. The summed E-state index contributed by atoms with van der Waals surface area (Å²) in [5.74, 6) is 0. The molecule has 52 valence electrons. The summed E-state index contributed by atoms with van der Waals surface area (Å²) < 4.78 is 0. The average Bonchev–Trinajstić information content (AvgIpc) is 1.83. The van der Waals surface area contributed by atoms with Gasteiger partial charge in [0.25, 0.3) is 0 Å². The Morgan fingerprint density at radius 1 is 1.22 bits per heavy atom. The Kier molecular flexibility index (Phi) is 3.88. The highest BCUT2D eigenvalue weighted by atomic mass is 16.3. The van der Waals surface area contributed by atoms with Crippen molar-refractivity contribution in [3.63, 3.8) is 0 Å². The van der Waals surface area contributed by atoms with Gasteiger partial charge in [0.2, 0.25) is 0 Å². The van der Waals surface area contributed by atoms with E-state index in [1.165, 1.54) is 0 Å². The van der Waals surface area contributed by atoms with E-state index in [1.54, 1.807) is 6.92 Å². The van der Waals surface area contributed by atoms with Crippen LogP contribution in [0.5, 0.6) is 0 Å². The molecule has 0 bridgehead atoms. The molecule has 0 unspecified atom stereocenters. The van der Waals surface area contributed by atoms with E-state index in [0.717, 1.165) is 5.71 Å². The fraction of sp³-hybridized carbons (Fsp3) is 0.667. The maximum absolute atomic E-state index is 8.45. The van der Waals surface area contributed by atoms with Gasteiger partial charge in [0.1, 0.15) is 0 Å². The van der Waals surface area contributed by atoms with Gasteiger partial charge in [0.15, 0.2) is 0 Å². The molecule has 0 fully saturated rings. The smallest absolute Gasteiger partial charge is 0.0829 e. The van der Waals surface area contributed by atoms with Gasteiger partial charge in [-0.2, -0.15) is 10.2 Å². The molecule has 0 amide bonds. The number of aliphatic hydroxyl groups excluding tert-OH is 1. The normalized spacial score (nSPS) is 11.3. The summed E-state index contributed by atoms with van der Waals surface area (Å²) in [4.78, 5) is 0. The molecule has 0 rings (SSSR count). The maximum Gasteiger partial charge on any atom is 0.0829 e. The molecule has 0 aromatic rings. The highest BCUT2D eigenvalue weighted by Crippen LogP contribution is 1.79. The Morgan fingerprint density at radius 3 is 2.11 bits per heavy atom. The van der Waals surface area contributed by atoms with Crippen molar-refractivity contribution in [2.24, 2.45) is 10.2 Å². The van der Waals surface area contributed by atoms with E-state index < -0.39 is 0 Å². The summed E-state index contributed by atoms with van der Waals surface area (Å²) >= 11 is 0. The van der Waals surface area contributed by atoms with Crippen LogP contribution in [0.3, 0.4) is 0 Å². The number of aliphatic hydroxyl groups is 1. The first-order chi connectivity index (χ1) is 4.16. The third kappa shape index (κ3) is 5.17. The molecule has 0 aromatic heterocycles. The quantitative estimate of drug-likeness (QED) is 0.434. The highest BCUT2D eigenvalue weighted by molar-refractivity contribution is 5.85. The first-order valence-corrected chi connectivity index (χ1v) is 2.82. The van der Waals surface area contributed by atoms with E-state index in [9.17, 15) is 0 Å². The predicted molar refractivity (Wildman–Crippen MR) is 39.0 cm³/mol. The maximum atomic E-state index is 8.45. The van der Waals surface area contributed by atoms with E-state index in [1.807, 2.05) is 13.8 Å². The first kappa shape index (κ1) is 8.30. The van der Waals surface area contributed by atoms with Gasteiger partial charge in [-0.15, -0.1) is 0 Å². The predicted octanol–water partition coefficient (Wildman–Crippen LogP) is 0.835. The Morgan fingerprint density at radius 2 is 1.78 bits per heavy atom. The second kappa shape index (κ2) is 4.21. The molecule has 3 heteroatoms. The molecule has 0 heterocycles. The molecule has 0 saturated heterocycles. The van der Waals surface area contributed by atoms with Crippen LogP contribution in [-0.2, 0) is 0 Å². The van der Waals surface area contributed by atoms with Crippen LogP contribution in [0.25, 0.3) is 0 Å². The van der Waals surface area contributed by atoms with Gasteiger partial charge in [-0.25, -0.2) is 0 Å². The lowest BCUT2D eigenvalue weighted by atomic mass is 10.5. The zero-order valence-electron chi connectivity index (χ0n) is 6.05. The SMILES string of the molecule is CC(C)=N/N=C(/C)CO. The Bertz CT molecular complexity index is 134. The minimum Gasteiger partial charge on any atom is -0.390 e. The van der Waals surface area contributed by atoms with E-state index in [2.05, 4.69) is 10.2 Å². The van der Waals surface area contributed by atoms with E-state index in [0.29, 0.717) is 5.71 Å². The summed E-state index contributed by atoms with van der Waals surface area (Å²) in [6, 6.07) is 0. The fourth-order valence-electron chi connectivity index (χ4n) is 0.217. The Hall–Kier alpha value is -0.700. The van der Waals surface area contributed by atoms with Crippen LogP contribution in [0, 0.1) is 0 Å². The lowest BCUT2D eigenvalue weighted by molar-refractivity contribution is 0.356. The average molecular weight is 128 g/mol. The number of hydrogen-bond acceptors (Lipinski definition) is 3. The highest BCUT2D eigenvalue weighted by Gasteiger charge is 1.82. The van der Waals surface area contributed by atoms with Crippen molar-refractivity contribution >= 4 is 11.4 Å². The van der Waals surface area contributed by atoms with Crippen molar-refractivity contribution in [2.75, 3.05) is 6.61 Å². The fourth-order valence-corrected chi connectivity index (χ4v) is 0.217. The molecule has 0 atom stereocenters. The van der Waals surface area contributed by atoms with Crippen LogP contribution < -0.4 is 0 Å². The lowest BCUT2D eigenvalue weighted by Gasteiger charge is -1.87. The summed E-state index contributed by atoms with van der Waals surface area (Å²) in [5, 5.41) is 15.9. The minimum absolute atomic E-state index is 0.0171. The molecule has 0 saturated carbocycles.